The van der Waals surface area contributed by atoms with E-state index in [1.165, 1.54) is 27.3 Å². The highest BCUT2D eigenvalue weighted by atomic mass is 28.5. The fourth-order valence-electron chi connectivity index (χ4n) is 0.746. The molecule has 14 heavy (non-hydrogen) atoms. The van der Waals surface area contributed by atoms with Crippen molar-refractivity contribution in [1.29, 1.82) is 0 Å². The van der Waals surface area contributed by atoms with Crippen LogP contribution in [-0.2, 0) is 17.1 Å². The second-order valence-electron chi connectivity index (χ2n) is 2.65. The van der Waals surface area contributed by atoms with Crippen LogP contribution in [0.2, 0.25) is 13.1 Å². The minimum absolute atomic E-state index is 1.19. The van der Waals surface area contributed by atoms with Crippen LogP contribution >= 0.6 is 0 Å². The zero-order valence-electron chi connectivity index (χ0n) is 8.55. The molecule has 0 aromatic rings. The lowest BCUT2D eigenvalue weighted by Gasteiger charge is -2.28. The zero-order valence-corrected chi connectivity index (χ0v) is 11.7. The fraction of sp³-hybridized carbons (Fsp3) is 1.00. The predicted octanol–water partition coefficient (Wildman–Crippen LogP) is -1.86. The van der Waals surface area contributed by atoms with E-state index in [4.69, 9.17) is 13.0 Å². The molecular weight excluding hydrogens is 244 g/mol. The Morgan fingerprint density at radius 2 is 1.57 bits per heavy atom. The van der Waals surface area contributed by atoms with Gasteiger partial charge < -0.3 is 31.5 Å². The van der Waals surface area contributed by atoms with Gasteiger partial charge in [-0.05, 0) is 6.55 Å². The van der Waals surface area contributed by atoms with Crippen LogP contribution in [0.4, 0.5) is 0 Å². The van der Waals surface area contributed by atoms with Gasteiger partial charge in [0.1, 0.15) is 0 Å². The van der Waals surface area contributed by atoms with Gasteiger partial charge in [-0.25, -0.2) is 0 Å². The van der Waals surface area contributed by atoms with E-state index >= 15 is 0 Å². The van der Waals surface area contributed by atoms with E-state index in [9.17, 15) is 9.59 Å². The minimum atomic E-state index is -3.80. The molecule has 0 aromatic heterocycles. The maximum atomic E-state index is 9.57. The number of hydrogen-bond donors (Lipinski definition) is 3. The Labute approximate surface area is 86.5 Å². The van der Waals surface area contributed by atoms with Crippen molar-refractivity contribution in [2.24, 2.45) is 0 Å². The van der Waals surface area contributed by atoms with Gasteiger partial charge in [0.2, 0.25) is 0 Å². The van der Waals surface area contributed by atoms with Gasteiger partial charge in [-0.1, -0.05) is 0 Å². The Bertz CT molecular complexity index is 170. The Morgan fingerprint density at radius 3 is 1.86 bits per heavy atom. The highest BCUT2D eigenvalue weighted by molar-refractivity contribution is 6.73. The summed E-state index contributed by atoms with van der Waals surface area (Å²) in [4.78, 5) is 28.0. The van der Waals surface area contributed by atoms with E-state index in [0.29, 0.717) is 0 Å². The van der Waals surface area contributed by atoms with Gasteiger partial charge in [0.25, 0.3) is 0 Å². The highest BCUT2D eigenvalue weighted by Gasteiger charge is 2.49. The van der Waals surface area contributed by atoms with Crippen molar-refractivity contribution in [3.05, 3.63) is 0 Å². The molecule has 0 aliphatic rings. The molecule has 0 spiro atoms. The summed E-state index contributed by atoms with van der Waals surface area (Å²) >= 11 is 0. The first kappa shape index (κ1) is 14.4. The molecule has 3 N–H and O–H groups in total. The standard InChI is InChI=1S/C4H16O7Si3/c1-8-14(7,9-2)11-13(4,6)10-12(3)5/h5-7,12H,1-4H3. The van der Waals surface area contributed by atoms with E-state index in [1.807, 2.05) is 0 Å². The van der Waals surface area contributed by atoms with Crippen molar-refractivity contribution in [3.63, 3.8) is 0 Å². The molecule has 0 radical (unpaired) electrons. The summed E-state index contributed by atoms with van der Waals surface area (Å²) in [7, 11) is -7.40. The first-order chi connectivity index (χ1) is 6.24. The molecule has 0 amide bonds. The quantitative estimate of drug-likeness (QED) is 0.482. The van der Waals surface area contributed by atoms with E-state index in [-0.39, 0.29) is 0 Å². The third kappa shape index (κ3) is 5.30. The highest BCUT2D eigenvalue weighted by Crippen LogP contribution is 2.12. The molecule has 0 rings (SSSR count). The second-order valence-corrected chi connectivity index (χ2v) is 9.27. The fourth-order valence-corrected chi connectivity index (χ4v) is 6.65. The van der Waals surface area contributed by atoms with E-state index in [2.05, 4.69) is 8.85 Å². The van der Waals surface area contributed by atoms with Crippen molar-refractivity contribution in [2.75, 3.05) is 14.2 Å². The van der Waals surface area contributed by atoms with E-state index in [1.54, 1.807) is 0 Å². The molecule has 0 aromatic carbocycles. The molecular formula is C4H16O7Si3. The van der Waals surface area contributed by atoms with Crippen molar-refractivity contribution in [3.8, 4) is 0 Å². The average molecular weight is 260 g/mol. The van der Waals surface area contributed by atoms with Crippen LogP contribution in [0, 0.1) is 0 Å². The minimum Gasteiger partial charge on any atom is -0.413 e. The molecule has 2 unspecified atom stereocenters. The lowest BCUT2D eigenvalue weighted by molar-refractivity contribution is 0.0454. The Balaban J connectivity index is 4.32. The van der Waals surface area contributed by atoms with Crippen LogP contribution in [0.3, 0.4) is 0 Å². The topological polar surface area (TPSA) is 97.6 Å². The van der Waals surface area contributed by atoms with Crippen LogP contribution in [0.5, 0.6) is 0 Å². The smallest absolute Gasteiger partial charge is 0.413 e. The summed E-state index contributed by atoms with van der Waals surface area (Å²) in [6.45, 7) is 2.72. The third-order valence-corrected chi connectivity index (χ3v) is 7.92. The van der Waals surface area contributed by atoms with Gasteiger partial charge in [-0.2, -0.15) is 0 Å². The second kappa shape index (κ2) is 5.45. The molecule has 0 aliphatic carbocycles. The van der Waals surface area contributed by atoms with Crippen molar-refractivity contribution >= 4 is 27.1 Å². The van der Waals surface area contributed by atoms with Crippen LogP contribution < -0.4 is 0 Å². The van der Waals surface area contributed by atoms with E-state index < -0.39 is 27.1 Å². The van der Waals surface area contributed by atoms with Gasteiger partial charge in [0, 0.05) is 20.8 Å². The van der Waals surface area contributed by atoms with Crippen LogP contribution in [-0.4, -0.2) is 55.7 Å². The molecule has 7 nitrogen and oxygen atoms in total. The Morgan fingerprint density at radius 1 is 1.14 bits per heavy atom. The Kier molecular flexibility index (Phi) is 5.60. The largest absolute Gasteiger partial charge is 0.668 e. The molecule has 0 saturated carbocycles. The summed E-state index contributed by atoms with van der Waals surface area (Å²) in [5.74, 6) is 0. The zero-order chi connectivity index (χ0) is 11.4. The van der Waals surface area contributed by atoms with E-state index in [0.717, 1.165) is 0 Å². The molecule has 0 heterocycles. The number of rotatable bonds is 6. The van der Waals surface area contributed by atoms with Crippen LogP contribution in [0.1, 0.15) is 0 Å². The van der Waals surface area contributed by atoms with Gasteiger partial charge in [0.15, 0.2) is 0 Å². The SMILES string of the molecule is CO[Si](O)(OC)O[Si](C)(O)O[SiH](C)O. The molecule has 0 bridgehead atoms. The average Bonchev–Trinajstić information content (AvgIpc) is 2.01. The summed E-state index contributed by atoms with van der Waals surface area (Å²) in [5.41, 5.74) is 0. The molecule has 2 atom stereocenters. The van der Waals surface area contributed by atoms with Gasteiger partial charge in [-0.3, -0.25) is 0 Å². The summed E-state index contributed by atoms with van der Waals surface area (Å²) < 4.78 is 18.8. The normalized spacial score (nSPS) is 19.1. The van der Waals surface area contributed by atoms with Crippen LogP contribution in [0.15, 0.2) is 0 Å². The lowest BCUT2D eigenvalue weighted by Crippen LogP contribution is -2.56. The lowest BCUT2D eigenvalue weighted by atomic mass is 11.8. The van der Waals surface area contributed by atoms with Gasteiger partial charge >= 0.3 is 27.1 Å². The maximum absolute atomic E-state index is 9.57. The van der Waals surface area contributed by atoms with Crippen molar-refractivity contribution in [1.82, 2.24) is 0 Å². The molecule has 10 heteroatoms. The first-order valence-corrected chi connectivity index (χ1v) is 9.93. The third-order valence-electron chi connectivity index (χ3n) is 1.22. The number of hydrogen-bond acceptors (Lipinski definition) is 7. The molecule has 0 saturated heterocycles. The van der Waals surface area contributed by atoms with Gasteiger partial charge in [-0.15, -0.1) is 0 Å². The van der Waals surface area contributed by atoms with Gasteiger partial charge in [0.05, 0.1) is 0 Å². The summed E-state index contributed by atoms with van der Waals surface area (Å²) in [6, 6.07) is 0. The van der Waals surface area contributed by atoms with Crippen molar-refractivity contribution < 1.29 is 31.5 Å². The molecule has 0 fully saturated rings. The maximum Gasteiger partial charge on any atom is 0.668 e. The summed E-state index contributed by atoms with van der Waals surface area (Å²) in [6.07, 6.45) is 0. The Hall–Kier alpha value is 0.371. The van der Waals surface area contributed by atoms with Crippen molar-refractivity contribution in [2.45, 2.75) is 13.1 Å². The van der Waals surface area contributed by atoms with Crippen LogP contribution in [0.25, 0.3) is 0 Å². The summed E-state index contributed by atoms with van der Waals surface area (Å²) in [5, 5.41) is 0. The molecule has 0 aliphatic heterocycles. The predicted molar refractivity (Wildman–Crippen MR) is 53.2 cm³/mol. The monoisotopic (exact) mass is 260 g/mol. The first-order valence-electron chi connectivity index (χ1n) is 3.86. The molecule has 86 valence electrons.